The van der Waals surface area contributed by atoms with Gasteiger partial charge in [0.25, 0.3) is 5.91 Å². The van der Waals surface area contributed by atoms with E-state index in [2.05, 4.69) is 27.4 Å². The van der Waals surface area contributed by atoms with E-state index >= 15 is 0 Å². The Morgan fingerprint density at radius 3 is 2.80 bits per heavy atom. The number of aromatic nitrogens is 3. The fourth-order valence-corrected chi connectivity index (χ4v) is 2.95. The number of nitrogens with one attached hydrogen (secondary N) is 1. The minimum atomic E-state index is -0.188. The molecule has 6 heteroatoms. The highest BCUT2D eigenvalue weighted by molar-refractivity contribution is 5.93. The number of fused-ring (bicyclic) bond motifs is 1. The molecule has 0 saturated heterocycles. The van der Waals surface area contributed by atoms with Gasteiger partial charge in [-0.2, -0.15) is 0 Å². The van der Waals surface area contributed by atoms with Crippen molar-refractivity contribution in [2.75, 3.05) is 0 Å². The first kappa shape index (κ1) is 15.5. The van der Waals surface area contributed by atoms with Crippen molar-refractivity contribution in [2.45, 2.75) is 25.8 Å². The molecule has 1 N–H and O–H groups in total. The SMILES string of the molecule is O=C(NCc1ccncc1)c1ncn2c1CO[C@@H](c1ccccc1)C2. The molecule has 3 aromatic rings. The summed E-state index contributed by atoms with van der Waals surface area (Å²) in [4.78, 5) is 20.7. The van der Waals surface area contributed by atoms with Crippen LogP contribution in [0, 0.1) is 0 Å². The Morgan fingerprint density at radius 2 is 2.00 bits per heavy atom. The topological polar surface area (TPSA) is 69.0 Å². The molecule has 4 rings (SSSR count). The van der Waals surface area contributed by atoms with Gasteiger partial charge in [0, 0.05) is 18.9 Å². The van der Waals surface area contributed by atoms with E-state index in [0.29, 0.717) is 25.4 Å². The van der Waals surface area contributed by atoms with Crippen LogP contribution in [-0.2, 0) is 24.4 Å². The molecule has 0 fully saturated rings. The molecule has 1 atom stereocenters. The van der Waals surface area contributed by atoms with Crippen molar-refractivity contribution in [3.05, 3.63) is 83.7 Å². The zero-order valence-electron chi connectivity index (χ0n) is 13.6. The minimum Gasteiger partial charge on any atom is -0.365 e. The average Bonchev–Trinajstić information content (AvgIpc) is 3.11. The van der Waals surface area contributed by atoms with E-state index in [1.807, 2.05) is 34.9 Å². The van der Waals surface area contributed by atoms with Gasteiger partial charge in [0.05, 0.1) is 25.2 Å². The lowest BCUT2D eigenvalue weighted by Crippen LogP contribution is -2.27. The van der Waals surface area contributed by atoms with Crippen LogP contribution < -0.4 is 5.32 Å². The molecular weight excluding hydrogens is 316 g/mol. The third kappa shape index (κ3) is 3.29. The predicted molar refractivity (Wildman–Crippen MR) is 91.6 cm³/mol. The van der Waals surface area contributed by atoms with Gasteiger partial charge in [0.2, 0.25) is 0 Å². The standard InChI is InChI=1S/C19H18N4O2/c24-19(21-10-14-6-8-20-9-7-14)18-16-12-25-17(11-23(16)13-22-18)15-4-2-1-3-5-15/h1-9,13,17H,10-12H2,(H,21,24)/t17-/m1/s1. The molecule has 0 saturated carbocycles. The summed E-state index contributed by atoms with van der Waals surface area (Å²) in [5.74, 6) is -0.188. The highest BCUT2D eigenvalue weighted by Crippen LogP contribution is 2.27. The first-order valence-corrected chi connectivity index (χ1v) is 8.19. The number of carbonyl (C=O) groups is 1. The van der Waals surface area contributed by atoms with Gasteiger partial charge in [-0.1, -0.05) is 30.3 Å². The van der Waals surface area contributed by atoms with E-state index in [-0.39, 0.29) is 12.0 Å². The molecule has 0 unspecified atom stereocenters. The molecule has 1 aliphatic heterocycles. The number of carbonyl (C=O) groups excluding carboxylic acids is 1. The molecule has 0 spiro atoms. The Balaban J connectivity index is 1.45. The number of amides is 1. The summed E-state index contributed by atoms with van der Waals surface area (Å²) < 4.78 is 7.96. The molecule has 1 aromatic carbocycles. The molecule has 0 bridgehead atoms. The average molecular weight is 334 g/mol. The van der Waals surface area contributed by atoms with Crippen molar-refractivity contribution in [2.24, 2.45) is 0 Å². The summed E-state index contributed by atoms with van der Waals surface area (Å²) in [6.45, 7) is 1.47. The second-order valence-corrected chi connectivity index (χ2v) is 5.94. The lowest BCUT2D eigenvalue weighted by Gasteiger charge is -2.25. The van der Waals surface area contributed by atoms with Crippen LogP contribution in [0.5, 0.6) is 0 Å². The number of rotatable bonds is 4. The summed E-state index contributed by atoms with van der Waals surface area (Å²) in [6, 6.07) is 13.8. The Bertz CT molecular complexity index is 862. The molecule has 3 heterocycles. The number of hydrogen-bond donors (Lipinski definition) is 1. The van der Waals surface area contributed by atoms with Gasteiger partial charge in [0.1, 0.15) is 6.10 Å². The number of hydrogen-bond acceptors (Lipinski definition) is 4. The van der Waals surface area contributed by atoms with E-state index in [0.717, 1.165) is 16.8 Å². The maximum atomic E-state index is 12.4. The van der Waals surface area contributed by atoms with Crippen LogP contribution in [-0.4, -0.2) is 20.4 Å². The molecule has 2 aromatic heterocycles. The van der Waals surface area contributed by atoms with E-state index < -0.39 is 0 Å². The molecule has 126 valence electrons. The van der Waals surface area contributed by atoms with Crippen LogP contribution in [0.1, 0.15) is 33.4 Å². The zero-order valence-corrected chi connectivity index (χ0v) is 13.6. The Morgan fingerprint density at radius 1 is 1.20 bits per heavy atom. The number of benzene rings is 1. The molecule has 0 aliphatic carbocycles. The van der Waals surface area contributed by atoms with Crippen LogP contribution >= 0.6 is 0 Å². The number of ether oxygens (including phenoxy) is 1. The van der Waals surface area contributed by atoms with E-state index in [9.17, 15) is 4.79 Å². The number of nitrogens with zero attached hydrogens (tertiary/aromatic N) is 3. The van der Waals surface area contributed by atoms with Crippen molar-refractivity contribution in [3.63, 3.8) is 0 Å². The monoisotopic (exact) mass is 334 g/mol. The molecule has 1 amide bonds. The summed E-state index contributed by atoms with van der Waals surface area (Å²) in [5, 5.41) is 2.90. The second kappa shape index (κ2) is 6.86. The number of imidazole rings is 1. The Hall–Kier alpha value is -2.99. The highest BCUT2D eigenvalue weighted by atomic mass is 16.5. The van der Waals surface area contributed by atoms with Gasteiger partial charge in [-0.05, 0) is 23.3 Å². The quantitative estimate of drug-likeness (QED) is 0.796. The van der Waals surface area contributed by atoms with E-state index in [1.165, 1.54) is 0 Å². The van der Waals surface area contributed by atoms with Crippen molar-refractivity contribution in [1.82, 2.24) is 19.9 Å². The Kier molecular flexibility index (Phi) is 4.26. The van der Waals surface area contributed by atoms with Crippen LogP contribution in [0.3, 0.4) is 0 Å². The van der Waals surface area contributed by atoms with Crippen LogP contribution in [0.15, 0.2) is 61.2 Å². The molecule has 6 nitrogen and oxygen atoms in total. The van der Waals surface area contributed by atoms with Crippen molar-refractivity contribution < 1.29 is 9.53 Å². The van der Waals surface area contributed by atoms with Crippen molar-refractivity contribution >= 4 is 5.91 Å². The normalized spacial score (nSPS) is 16.2. The van der Waals surface area contributed by atoms with Crippen molar-refractivity contribution in [3.8, 4) is 0 Å². The first-order valence-electron chi connectivity index (χ1n) is 8.19. The fraction of sp³-hybridized carbons (Fsp3) is 0.211. The maximum absolute atomic E-state index is 12.4. The summed E-state index contributed by atoms with van der Waals surface area (Å²) in [6.07, 6.45) is 5.11. The van der Waals surface area contributed by atoms with E-state index in [1.54, 1.807) is 18.7 Å². The van der Waals surface area contributed by atoms with Gasteiger partial charge in [-0.15, -0.1) is 0 Å². The lowest BCUT2D eigenvalue weighted by molar-refractivity contribution is 0.00257. The van der Waals surface area contributed by atoms with E-state index in [4.69, 9.17) is 4.74 Å². The molecular formula is C19H18N4O2. The maximum Gasteiger partial charge on any atom is 0.272 e. The highest BCUT2D eigenvalue weighted by Gasteiger charge is 2.26. The summed E-state index contributed by atoms with van der Waals surface area (Å²) in [5.41, 5.74) is 3.38. The second-order valence-electron chi connectivity index (χ2n) is 5.94. The summed E-state index contributed by atoms with van der Waals surface area (Å²) in [7, 11) is 0. The van der Waals surface area contributed by atoms with Gasteiger partial charge in [-0.3, -0.25) is 9.78 Å². The van der Waals surface area contributed by atoms with Gasteiger partial charge in [0.15, 0.2) is 5.69 Å². The third-order valence-corrected chi connectivity index (χ3v) is 4.32. The van der Waals surface area contributed by atoms with Crippen LogP contribution in [0.2, 0.25) is 0 Å². The predicted octanol–water partition coefficient (Wildman–Crippen LogP) is 2.48. The lowest BCUT2D eigenvalue weighted by atomic mass is 10.1. The molecule has 25 heavy (non-hydrogen) atoms. The zero-order chi connectivity index (χ0) is 17.1. The van der Waals surface area contributed by atoms with Crippen LogP contribution in [0.25, 0.3) is 0 Å². The number of pyridine rings is 1. The molecule has 1 aliphatic rings. The minimum absolute atomic E-state index is 0.0179. The largest absolute Gasteiger partial charge is 0.365 e. The van der Waals surface area contributed by atoms with Crippen molar-refractivity contribution in [1.29, 1.82) is 0 Å². The first-order chi connectivity index (χ1) is 12.3. The fourth-order valence-electron chi connectivity index (χ4n) is 2.95. The van der Waals surface area contributed by atoms with Gasteiger partial charge in [-0.25, -0.2) is 4.98 Å². The smallest absolute Gasteiger partial charge is 0.272 e. The van der Waals surface area contributed by atoms with Gasteiger partial charge < -0.3 is 14.6 Å². The van der Waals surface area contributed by atoms with Gasteiger partial charge >= 0.3 is 0 Å². The molecule has 0 radical (unpaired) electrons. The summed E-state index contributed by atoms with van der Waals surface area (Å²) >= 11 is 0. The Labute approximate surface area is 145 Å². The van der Waals surface area contributed by atoms with Crippen LogP contribution in [0.4, 0.5) is 0 Å². The third-order valence-electron chi connectivity index (χ3n) is 4.32.